The number of amides is 1. The highest BCUT2D eigenvalue weighted by molar-refractivity contribution is 6.30. The lowest BCUT2D eigenvalue weighted by molar-refractivity contribution is -0.133. The Hall–Kier alpha value is -2.01. The van der Waals surface area contributed by atoms with E-state index in [9.17, 15) is 4.79 Å². The van der Waals surface area contributed by atoms with Gasteiger partial charge in [0.05, 0.1) is 6.20 Å². The van der Waals surface area contributed by atoms with Crippen molar-refractivity contribution in [3.63, 3.8) is 0 Å². The lowest BCUT2D eigenvalue weighted by Gasteiger charge is -2.41. The summed E-state index contributed by atoms with van der Waals surface area (Å²) in [7, 11) is 1.89. The number of hydrogen-bond donors (Lipinski definition) is 0. The first kappa shape index (κ1) is 16.8. The minimum Gasteiger partial charge on any atom is -0.368 e. The normalized spacial score (nSPS) is 18.0. The van der Waals surface area contributed by atoms with Crippen LogP contribution in [0.25, 0.3) is 0 Å². The first-order chi connectivity index (χ1) is 11.5. The van der Waals surface area contributed by atoms with E-state index in [0.717, 1.165) is 42.3 Å². The molecule has 2 heterocycles. The molecule has 0 saturated carbocycles. The van der Waals surface area contributed by atoms with Crippen molar-refractivity contribution in [2.24, 2.45) is 7.05 Å². The summed E-state index contributed by atoms with van der Waals surface area (Å²) in [4.78, 5) is 16.8. The van der Waals surface area contributed by atoms with Crippen LogP contribution in [0, 0.1) is 0 Å². The number of nitrogens with zero attached hydrogens (tertiary/aromatic N) is 4. The van der Waals surface area contributed by atoms with Gasteiger partial charge in [-0.3, -0.25) is 9.48 Å². The molecule has 1 amide bonds. The standard InChI is InChI=1S/C18H23ClN4O/c1-14-12-22(17-5-3-4-16(19)10-17)8-9-23(14)18(24)7-6-15-11-20-21(2)13-15/h3-5,10-11,13-14H,6-9,12H2,1-2H3/t14-/m1/s1. The molecule has 1 fully saturated rings. The number of anilines is 1. The van der Waals surface area contributed by atoms with Gasteiger partial charge >= 0.3 is 0 Å². The topological polar surface area (TPSA) is 41.4 Å². The molecule has 0 radical (unpaired) electrons. The van der Waals surface area contributed by atoms with Gasteiger partial charge in [0, 0.05) is 56.1 Å². The highest BCUT2D eigenvalue weighted by atomic mass is 35.5. The third kappa shape index (κ3) is 3.90. The number of carbonyl (C=O) groups is 1. The molecule has 1 aromatic heterocycles. The lowest BCUT2D eigenvalue weighted by atomic mass is 10.1. The van der Waals surface area contributed by atoms with Crippen molar-refractivity contribution in [2.45, 2.75) is 25.8 Å². The third-order valence-corrected chi connectivity index (χ3v) is 4.74. The van der Waals surface area contributed by atoms with Crippen LogP contribution in [0.3, 0.4) is 0 Å². The molecule has 1 atom stereocenters. The van der Waals surface area contributed by atoms with E-state index in [4.69, 9.17) is 11.6 Å². The minimum absolute atomic E-state index is 0.194. The Bertz CT molecular complexity index is 715. The second-order valence-electron chi connectivity index (χ2n) is 6.38. The van der Waals surface area contributed by atoms with Crippen LogP contribution in [0.15, 0.2) is 36.7 Å². The van der Waals surface area contributed by atoms with E-state index in [0.29, 0.717) is 6.42 Å². The van der Waals surface area contributed by atoms with E-state index in [1.165, 1.54) is 0 Å². The van der Waals surface area contributed by atoms with E-state index in [1.807, 2.05) is 42.5 Å². The lowest BCUT2D eigenvalue weighted by Crippen LogP contribution is -2.54. The van der Waals surface area contributed by atoms with Crippen LogP contribution < -0.4 is 4.90 Å². The third-order valence-electron chi connectivity index (χ3n) is 4.51. The Morgan fingerprint density at radius 2 is 2.21 bits per heavy atom. The fraction of sp³-hybridized carbons (Fsp3) is 0.444. The van der Waals surface area contributed by atoms with Crippen molar-refractivity contribution in [3.8, 4) is 0 Å². The summed E-state index contributed by atoms with van der Waals surface area (Å²) in [6.07, 6.45) is 5.07. The van der Waals surface area contributed by atoms with Crippen LogP contribution in [0.4, 0.5) is 5.69 Å². The summed E-state index contributed by atoms with van der Waals surface area (Å²) in [6.45, 7) is 4.53. The quantitative estimate of drug-likeness (QED) is 0.854. The van der Waals surface area contributed by atoms with Crippen molar-refractivity contribution in [2.75, 3.05) is 24.5 Å². The zero-order chi connectivity index (χ0) is 17.1. The summed E-state index contributed by atoms with van der Waals surface area (Å²) < 4.78 is 1.77. The SMILES string of the molecule is C[C@@H]1CN(c2cccc(Cl)c2)CCN1C(=O)CCc1cnn(C)c1. The molecule has 0 unspecified atom stereocenters. The maximum absolute atomic E-state index is 12.5. The predicted octanol–water partition coefficient (Wildman–Crippen LogP) is 2.74. The van der Waals surface area contributed by atoms with Gasteiger partial charge < -0.3 is 9.80 Å². The first-order valence-electron chi connectivity index (χ1n) is 8.30. The number of aryl methyl sites for hydroxylation is 2. The number of aromatic nitrogens is 2. The smallest absolute Gasteiger partial charge is 0.223 e. The van der Waals surface area contributed by atoms with Crippen LogP contribution in [-0.2, 0) is 18.3 Å². The monoisotopic (exact) mass is 346 g/mol. The largest absolute Gasteiger partial charge is 0.368 e. The fourth-order valence-electron chi connectivity index (χ4n) is 3.23. The molecule has 0 spiro atoms. The van der Waals surface area contributed by atoms with Gasteiger partial charge in [0.25, 0.3) is 0 Å². The average Bonchev–Trinajstić information content (AvgIpc) is 2.98. The highest BCUT2D eigenvalue weighted by Crippen LogP contribution is 2.23. The number of rotatable bonds is 4. The molecule has 6 heteroatoms. The number of benzene rings is 1. The van der Waals surface area contributed by atoms with E-state index in [1.54, 1.807) is 4.68 Å². The molecule has 1 aliphatic heterocycles. The van der Waals surface area contributed by atoms with Crippen molar-refractivity contribution in [3.05, 3.63) is 47.2 Å². The predicted molar refractivity (Wildman–Crippen MR) is 96.4 cm³/mol. The number of piperazine rings is 1. The summed E-state index contributed by atoms with van der Waals surface area (Å²) in [5.41, 5.74) is 2.23. The molecule has 0 bridgehead atoms. The molecule has 1 aliphatic rings. The number of hydrogen-bond acceptors (Lipinski definition) is 3. The molecule has 5 nitrogen and oxygen atoms in total. The zero-order valence-corrected chi connectivity index (χ0v) is 14.9. The van der Waals surface area contributed by atoms with Gasteiger partial charge in [-0.05, 0) is 37.1 Å². The van der Waals surface area contributed by atoms with Gasteiger partial charge in [-0.25, -0.2) is 0 Å². The highest BCUT2D eigenvalue weighted by Gasteiger charge is 2.27. The summed E-state index contributed by atoms with van der Waals surface area (Å²) >= 11 is 6.08. The van der Waals surface area contributed by atoms with Crippen LogP contribution in [-0.4, -0.2) is 46.3 Å². The Balaban J connectivity index is 1.56. The Morgan fingerprint density at radius 3 is 2.88 bits per heavy atom. The Kier molecular flexibility index (Phi) is 5.09. The first-order valence-corrected chi connectivity index (χ1v) is 8.68. The molecule has 0 N–H and O–H groups in total. The summed E-state index contributed by atoms with van der Waals surface area (Å²) in [6, 6.07) is 8.09. The second kappa shape index (κ2) is 7.26. The molecule has 24 heavy (non-hydrogen) atoms. The summed E-state index contributed by atoms with van der Waals surface area (Å²) in [5.74, 6) is 0.220. The van der Waals surface area contributed by atoms with Crippen molar-refractivity contribution < 1.29 is 4.79 Å². The van der Waals surface area contributed by atoms with Gasteiger partial charge in [0.15, 0.2) is 0 Å². The van der Waals surface area contributed by atoms with Gasteiger partial charge in [-0.15, -0.1) is 0 Å². The van der Waals surface area contributed by atoms with E-state index >= 15 is 0 Å². The molecule has 3 rings (SSSR count). The fourth-order valence-corrected chi connectivity index (χ4v) is 3.42. The summed E-state index contributed by atoms with van der Waals surface area (Å²) in [5, 5.41) is 4.89. The maximum atomic E-state index is 12.5. The molecule has 128 valence electrons. The average molecular weight is 347 g/mol. The van der Waals surface area contributed by atoms with Crippen molar-refractivity contribution in [1.82, 2.24) is 14.7 Å². The van der Waals surface area contributed by atoms with Gasteiger partial charge in [-0.1, -0.05) is 17.7 Å². The molecular formula is C18H23ClN4O. The number of carbonyl (C=O) groups excluding carboxylic acids is 1. The van der Waals surface area contributed by atoms with Crippen LogP contribution in [0.1, 0.15) is 18.9 Å². The van der Waals surface area contributed by atoms with Crippen LogP contribution >= 0.6 is 11.6 Å². The van der Waals surface area contributed by atoms with Gasteiger partial charge in [-0.2, -0.15) is 5.10 Å². The molecule has 1 saturated heterocycles. The van der Waals surface area contributed by atoms with E-state index in [-0.39, 0.29) is 11.9 Å². The minimum atomic E-state index is 0.194. The molecule has 0 aliphatic carbocycles. The molecular weight excluding hydrogens is 324 g/mol. The van der Waals surface area contributed by atoms with Crippen molar-refractivity contribution in [1.29, 1.82) is 0 Å². The number of halogens is 1. The Labute approximate surface area is 147 Å². The second-order valence-corrected chi connectivity index (χ2v) is 6.82. The molecule has 2 aromatic rings. The van der Waals surface area contributed by atoms with Crippen molar-refractivity contribution >= 4 is 23.2 Å². The zero-order valence-electron chi connectivity index (χ0n) is 14.2. The Morgan fingerprint density at radius 1 is 1.38 bits per heavy atom. The van der Waals surface area contributed by atoms with Crippen LogP contribution in [0.2, 0.25) is 5.02 Å². The van der Waals surface area contributed by atoms with Gasteiger partial charge in [0.2, 0.25) is 5.91 Å². The van der Waals surface area contributed by atoms with E-state index < -0.39 is 0 Å². The van der Waals surface area contributed by atoms with Crippen LogP contribution in [0.5, 0.6) is 0 Å². The molecule has 1 aromatic carbocycles. The van der Waals surface area contributed by atoms with Gasteiger partial charge in [0.1, 0.15) is 0 Å². The maximum Gasteiger partial charge on any atom is 0.223 e. The van der Waals surface area contributed by atoms with E-state index in [2.05, 4.69) is 23.0 Å².